The van der Waals surface area contributed by atoms with Gasteiger partial charge in [0.1, 0.15) is 11.6 Å². The average Bonchev–Trinajstić information content (AvgIpc) is 3.10. The highest BCUT2D eigenvalue weighted by atomic mass is 16.6. The molecule has 204 valence electrons. The van der Waals surface area contributed by atoms with Crippen LogP contribution in [0.5, 0.6) is 0 Å². The highest BCUT2D eigenvalue weighted by Gasteiger charge is 2.65. The van der Waals surface area contributed by atoms with E-state index in [1.165, 1.54) is 12.5 Å². The number of carboxylic acids is 1. The number of nitrogens with zero attached hydrogens (tertiary/aromatic N) is 1. The molecule has 0 heterocycles. The van der Waals surface area contributed by atoms with Crippen LogP contribution in [0, 0.1) is 28.6 Å². The van der Waals surface area contributed by atoms with E-state index in [0.29, 0.717) is 30.6 Å². The smallest absolute Gasteiger partial charge is 0.326 e. The van der Waals surface area contributed by atoms with Crippen LogP contribution in [0.3, 0.4) is 0 Å². The van der Waals surface area contributed by atoms with Crippen LogP contribution in [0.2, 0.25) is 0 Å². The third-order valence-electron chi connectivity index (χ3n) is 10.1. The standard InChI is InChI=1S/C27H39N3O7/c1-15(31)27(36)11-8-20-18-5-4-16-12-17(6-9-25(16,2)19(18)7-10-26(20,27)3)30-37-14-23(33)29-21(24(34)35)13-22(28)32/h12,18-21,36H,4-11,13-14H2,1-3H3,(H2,28,32)(H,29,33)(H,34,35)/b30-17-/t18-,19+,20+,21-,25-,26-,27+/m0/s1. The fourth-order valence-corrected chi connectivity index (χ4v) is 8.05. The number of Topliss-reactive ketones (excluding diaryl/α,β-unsaturated/α-hetero) is 1. The number of oxime groups is 1. The highest BCUT2D eigenvalue weighted by Crippen LogP contribution is 2.67. The Hall–Kier alpha value is -2.75. The van der Waals surface area contributed by atoms with E-state index in [2.05, 4.69) is 30.4 Å². The predicted molar refractivity (Wildman–Crippen MR) is 134 cm³/mol. The van der Waals surface area contributed by atoms with Crippen molar-refractivity contribution in [1.29, 1.82) is 0 Å². The molecule has 0 bridgehead atoms. The van der Waals surface area contributed by atoms with Gasteiger partial charge in [-0.1, -0.05) is 24.6 Å². The third kappa shape index (κ3) is 4.69. The third-order valence-corrected chi connectivity index (χ3v) is 10.1. The van der Waals surface area contributed by atoms with Crippen molar-refractivity contribution in [2.75, 3.05) is 6.61 Å². The summed E-state index contributed by atoms with van der Waals surface area (Å²) in [6.45, 7) is 5.53. The Bertz CT molecular complexity index is 1050. The number of aliphatic hydroxyl groups is 1. The molecule has 10 heteroatoms. The number of primary amides is 1. The van der Waals surface area contributed by atoms with Gasteiger partial charge in [0.25, 0.3) is 5.91 Å². The van der Waals surface area contributed by atoms with Gasteiger partial charge in [0.15, 0.2) is 12.4 Å². The van der Waals surface area contributed by atoms with Crippen LogP contribution in [-0.2, 0) is 24.0 Å². The molecule has 0 aromatic carbocycles. The van der Waals surface area contributed by atoms with E-state index in [1.54, 1.807) is 0 Å². The number of hydrogen-bond donors (Lipinski definition) is 4. The zero-order valence-electron chi connectivity index (χ0n) is 21.9. The molecule has 37 heavy (non-hydrogen) atoms. The van der Waals surface area contributed by atoms with E-state index in [1.807, 2.05) is 0 Å². The van der Waals surface area contributed by atoms with Crippen LogP contribution in [-0.4, -0.2) is 57.7 Å². The number of allylic oxidation sites excluding steroid dienone is 2. The molecule has 4 aliphatic carbocycles. The minimum Gasteiger partial charge on any atom is -0.480 e. The van der Waals surface area contributed by atoms with Crippen molar-refractivity contribution in [3.8, 4) is 0 Å². The van der Waals surface area contributed by atoms with E-state index in [9.17, 15) is 24.3 Å². The maximum absolute atomic E-state index is 12.4. The summed E-state index contributed by atoms with van der Waals surface area (Å²) >= 11 is 0. The molecule has 3 fully saturated rings. The van der Waals surface area contributed by atoms with Gasteiger partial charge >= 0.3 is 5.97 Å². The van der Waals surface area contributed by atoms with Gasteiger partial charge in [-0.3, -0.25) is 14.4 Å². The van der Waals surface area contributed by atoms with Gasteiger partial charge in [0, 0.05) is 5.41 Å². The number of ketones is 1. The first-order chi connectivity index (χ1) is 17.3. The van der Waals surface area contributed by atoms with Gasteiger partial charge in [-0.15, -0.1) is 0 Å². The van der Waals surface area contributed by atoms with Crippen LogP contribution in [0.4, 0.5) is 0 Å². The summed E-state index contributed by atoms with van der Waals surface area (Å²) in [5.74, 6) is -1.65. The lowest BCUT2D eigenvalue weighted by Gasteiger charge is -2.59. The first-order valence-corrected chi connectivity index (χ1v) is 13.3. The van der Waals surface area contributed by atoms with Crippen molar-refractivity contribution in [3.63, 3.8) is 0 Å². The van der Waals surface area contributed by atoms with Crippen LogP contribution in [0.1, 0.15) is 78.6 Å². The largest absolute Gasteiger partial charge is 0.480 e. The number of aliphatic carboxylic acids is 1. The summed E-state index contributed by atoms with van der Waals surface area (Å²) in [4.78, 5) is 51.8. The molecule has 4 aliphatic rings. The fraction of sp³-hybridized carbons (Fsp3) is 0.741. The van der Waals surface area contributed by atoms with Crippen LogP contribution >= 0.6 is 0 Å². The molecule has 0 radical (unpaired) electrons. The van der Waals surface area contributed by atoms with Gasteiger partial charge in [-0.2, -0.15) is 0 Å². The Morgan fingerprint density at radius 3 is 2.49 bits per heavy atom. The first kappa shape index (κ1) is 27.3. The molecule has 2 amide bonds. The lowest BCUT2D eigenvalue weighted by atomic mass is 9.46. The number of carboxylic acid groups (broad SMARTS) is 1. The van der Waals surface area contributed by atoms with E-state index in [0.717, 1.165) is 44.2 Å². The Balaban J connectivity index is 1.40. The van der Waals surface area contributed by atoms with E-state index in [-0.39, 0.29) is 16.6 Å². The Kier molecular flexibility index (Phi) is 7.27. The monoisotopic (exact) mass is 517 g/mol. The summed E-state index contributed by atoms with van der Waals surface area (Å²) in [5, 5.41) is 26.8. The molecule has 0 aliphatic heterocycles. The average molecular weight is 518 g/mol. The molecule has 4 rings (SSSR count). The molecule has 5 N–H and O–H groups in total. The number of hydrogen-bond acceptors (Lipinski definition) is 7. The van der Waals surface area contributed by atoms with Gasteiger partial charge in [-0.05, 0) is 87.5 Å². The maximum atomic E-state index is 12.4. The SMILES string of the molecule is CC(=O)[C@]1(O)CC[C@@H]2[C@H]3CCC4=C/C(=N\OCC(=O)N[C@@H](CC(N)=O)C(=O)O)CC[C@]4(C)[C@@H]3CC[C@@]21C. The van der Waals surface area contributed by atoms with Crippen molar-refractivity contribution in [1.82, 2.24) is 5.32 Å². The van der Waals surface area contributed by atoms with Crippen molar-refractivity contribution in [3.05, 3.63) is 11.6 Å². The summed E-state index contributed by atoms with van der Waals surface area (Å²) in [6.07, 6.45) is 8.43. The second-order valence-corrected chi connectivity index (χ2v) is 11.9. The Labute approximate surface area is 217 Å². The van der Waals surface area contributed by atoms with E-state index < -0.39 is 42.5 Å². The highest BCUT2D eigenvalue weighted by molar-refractivity contribution is 5.96. The number of carbonyl (C=O) groups is 4. The number of amides is 2. The first-order valence-electron chi connectivity index (χ1n) is 13.3. The lowest BCUT2D eigenvalue weighted by molar-refractivity contribution is -0.159. The molecule has 7 atom stereocenters. The lowest BCUT2D eigenvalue weighted by Crippen LogP contribution is -2.57. The second kappa shape index (κ2) is 9.85. The molecular formula is C27H39N3O7. The van der Waals surface area contributed by atoms with Crippen molar-refractivity contribution >= 4 is 29.3 Å². The fourth-order valence-electron chi connectivity index (χ4n) is 8.05. The molecule has 0 saturated heterocycles. The quantitative estimate of drug-likeness (QED) is 0.357. The van der Waals surface area contributed by atoms with E-state index in [4.69, 9.17) is 15.7 Å². The van der Waals surface area contributed by atoms with Gasteiger partial charge in [0.2, 0.25) is 5.91 Å². The predicted octanol–water partition coefficient (Wildman–Crippen LogP) is 2.09. The number of nitrogens with two attached hydrogens (primary N) is 1. The number of nitrogens with one attached hydrogen (secondary N) is 1. The minimum atomic E-state index is -1.40. The van der Waals surface area contributed by atoms with Crippen molar-refractivity contribution < 1.29 is 34.2 Å². The Morgan fingerprint density at radius 1 is 1.14 bits per heavy atom. The number of fused-ring (bicyclic) bond motifs is 5. The minimum absolute atomic E-state index is 0.0288. The molecule has 0 unspecified atom stereocenters. The summed E-state index contributed by atoms with van der Waals surface area (Å²) < 4.78 is 0. The molecule has 10 nitrogen and oxygen atoms in total. The summed E-state index contributed by atoms with van der Waals surface area (Å²) in [6, 6.07) is -1.40. The van der Waals surface area contributed by atoms with Gasteiger partial charge < -0.3 is 26.1 Å². The molecule has 3 saturated carbocycles. The van der Waals surface area contributed by atoms with Gasteiger partial charge in [0.05, 0.1) is 12.1 Å². The van der Waals surface area contributed by atoms with Crippen LogP contribution < -0.4 is 11.1 Å². The normalized spacial score (nSPS) is 38.4. The topological polar surface area (TPSA) is 168 Å². The molecule has 0 aromatic heterocycles. The molecule has 0 aromatic rings. The molecular weight excluding hydrogens is 478 g/mol. The number of carbonyl (C=O) groups excluding carboxylic acids is 3. The molecule has 0 spiro atoms. The van der Waals surface area contributed by atoms with Crippen molar-refractivity contribution in [2.45, 2.75) is 90.2 Å². The zero-order chi connectivity index (χ0) is 27.2. The van der Waals surface area contributed by atoms with E-state index >= 15 is 0 Å². The summed E-state index contributed by atoms with van der Waals surface area (Å²) in [5.41, 5.74) is 5.58. The van der Waals surface area contributed by atoms with Crippen LogP contribution in [0.25, 0.3) is 0 Å². The van der Waals surface area contributed by atoms with Crippen LogP contribution in [0.15, 0.2) is 16.8 Å². The second-order valence-electron chi connectivity index (χ2n) is 11.9. The summed E-state index contributed by atoms with van der Waals surface area (Å²) in [7, 11) is 0. The Morgan fingerprint density at radius 2 is 1.84 bits per heavy atom. The van der Waals surface area contributed by atoms with Crippen molar-refractivity contribution in [2.24, 2.45) is 39.5 Å². The maximum Gasteiger partial charge on any atom is 0.326 e. The number of rotatable bonds is 8. The van der Waals surface area contributed by atoms with Gasteiger partial charge in [-0.25, -0.2) is 4.79 Å². The zero-order valence-corrected chi connectivity index (χ0v) is 21.9.